The van der Waals surface area contributed by atoms with Crippen molar-refractivity contribution in [1.82, 2.24) is 15.0 Å². The molecular formula is C28H32ClN3O6. The highest BCUT2D eigenvalue weighted by atomic mass is 35.5. The molecule has 2 aromatic carbocycles. The van der Waals surface area contributed by atoms with Crippen molar-refractivity contribution in [1.29, 1.82) is 0 Å². The Kier molecular flexibility index (Phi) is 9.25. The van der Waals surface area contributed by atoms with E-state index in [-0.39, 0.29) is 37.8 Å². The van der Waals surface area contributed by atoms with Crippen LogP contribution in [0.15, 0.2) is 65.2 Å². The average molecular weight is 542 g/mol. The molecule has 38 heavy (non-hydrogen) atoms. The minimum Gasteiger partial charge on any atom is -0.490 e. The van der Waals surface area contributed by atoms with Crippen LogP contribution in [0.2, 0.25) is 5.02 Å². The lowest BCUT2D eigenvalue weighted by Gasteiger charge is -2.42. The van der Waals surface area contributed by atoms with Gasteiger partial charge in [-0.3, -0.25) is 9.59 Å². The Morgan fingerprint density at radius 3 is 2.63 bits per heavy atom. The summed E-state index contributed by atoms with van der Waals surface area (Å²) in [6.45, 7) is 1.51. The summed E-state index contributed by atoms with van der Waals surface area (Å²) < 4.78 is 22.5. The smallest absolute Gasteiger partial charge is 0.254 e. The molecule has 2 heterocycles. The summed E-state index contributed by atoms with van der Waals surface area (Å²) in [5.41, 5.74) is 0.0191. The van der Waals surface area contributed by atoms with Crippen LogP contribution in [0, 0.1) is 0 Å². The molecule has 1 atom stereocenters. The summed E-state index contributed by atoms with van der Waals surface area (Å²) in [4.78, 5) is 29.9. The molecule has 0 N–H and O–H groups in total. The molecule has 0 bridgehead atoms. The number of hydrogen-bond acceptors (Lipinski definition) is 7. The van der Waals surface area contributed by atoms with Crippen molar-refractivity contribution in [3.05, 3.63) is 77.0 Å². The van der Waals surface area contributed by atoms with Gasteiger partial charge in [0.2, 0.25) is 11.8 Å². The standard InChI is InChI=1S/C28H32ClN3O6/c1-31(18-21-6-4-3-5-7-21)27(34)17-28(20-36-23-10-8-22(29)9-11-23)19-32(14-15-37-28)26(33)13-12-24-16-25(35-2)30-38-24/h3-11,16H,12-15,17-20H2,1-2H3/t28-/m0/s1. The molecule has 4 rings (SSSR count). The molecule has 10 heteroatoms. The summed E-state index contributed by atoms with van der Waals surface area (Å²) in [5.74, 6) is 1.38. The van der Waals surface area contributed by atoms with Crippen LogP contribution in [0.25, 0.3) is 0 Å². The minimum absolute atomic E-state index is 0.0625. The van der Waals surface area contributed by atoms with Crippen LogP contribution in [0.1, 0.15) is 24.2 Å². The molecular weight excluding hydrogens is 510 g/mol. The summed E-state index contributed by atoms with van der Waals surface area (Å²) in [6, 6.07) is 18.4. The van der Waals surface area contributed by atoms with E-state index in [0.717, 1.165) is 5.56 Å². The Morgan fingerprint density at radius 2 is 1.92 bits per heavy atom. The summed E-state index contributed by atoms with van der Waals surface area (Å²) in [7, 11) is 3.27. The van der Waals surface area contributed by atoms with Crippen LogP contribution >= 0.6 is 11.6 Å². The lowest BCUT2D eigenvalue weighted by molar-refractivity contribution is -0.165. The normalized spacial score (nSPS) is 17.2. The van der Waals surface area contributed by atoms with Gasteiger partial charge in [-0.2, -0.15) is 0 Å². The van der Waals surface area contributed by atoms with Gasteiger partial charge in [-0.15, -0.1) is 0 Å². The predicted octanol–water partition coefficient (Wildman–Crippen LogP) is 3.99. The van der Waals surface area contributed by atoms with Crippen LogP contribution in [0.3, 0.4) is 0 Å². The van der Waals surface area contributed by atoms with Gasteiger partial charge in [-0.05, 0) is 35.0 Å². The van der Waals surface area contributed by atoms with E-state index >= 15 is 0 Å². The van der Waals surface area contributed by atoms with E-state index in [2.05, 4.69) is 5.16 Å². The number of halogens is 1. The van der Waals surface area contributed by atoms with E-state index in [1.165, 1.54) is 7.11 Å². The fraction of sp³-hybridized carbons (Fsp3) is 0.393. The van der Waals surface area contributed by atoms with Crippen molar-refractivity contribution in [3.63, 3.8) is 0 Å². The Labute approximate surface area is 227 Å². The van der Waals surface area contributed by atoms with E-state index in [4.69, 9.17) is 30.3 Å². The average Bonchev–Trinajstić information content (AvgIpc) is 3.40. The number of aromatic nitrogens is 1. The third-order valence-electron chi connectivity index (χ3n) is 6.41. The van der Waals surface area contributed by atoms with Gasteiger partial charge in [0.05, 0.1) is 26.7 Å². The maximum atomic E-state index is 13.3. The quantitative estimate of drug-likeness (QED) is 0.362. The molecule has 202 valence electrons. The SMILES string of the molecule is COc1cc(CCC(=O)N2CCO[C@@](COc3ccc(Cl)cc3)(CC(=O)N(C)Cc3ccccc3)C2)on1. The fourth-order valence-electron chi connectivity index (χ4n) is 4.30. The molecule has 9 nitrogen and oxygen atoms in total. The van der Waals surface area contributed by atoms with Crippen LogP contribution < -0.4 is 9.47 Å². The highest BCUT2D eigenvalue weighted by Gasteiger charge is 2.42. The number of benzene rings is 2. The first-order chi connectivity index (χ1) is 18.4. The number of amides is 2. The Bertz CT molecular complexity index is 1200. The van der Waals surface area contributed by atoms with E-state index in [1.54, 1.807) is 47.2 Å². The zero-order valence-electron chi connectivity index (χ0n) is 21.6. The summed E-state index contributed by atoms with van der Waals surface area (Å²) in [5, 5.41) is 4.37. The molecule has 1 saturated heterocycles. The second kappa shape index (κ2) is 12.8. The zero-order valence-corrected chi connectivity index (χ0v) is 22.4. The number of carbonyl (C=O) groups excluding carboxylic acids is 2. The number of rotatable bonds is 11. The third-order valence-corrected chi connectivity index (χ3v) is 6.66. The minimum atomic E-state index is -1.01. The summed E-state index contributed by atoms with van der Waals surface area (Å²) in [6.07, 6.45) is 0.681. The van der Waals surface area contributed by atoms with Crippen molar-refractivity contribution in [2.75, 3.05) is 40.5 Å². The van der Waals surface area contributed by atoms with Crippen LogP contribution in [-0.4, -0.2) is 72.8 Å². The lowest BCUT2D eigenvalue weighted by atomic mass is 9.96. The van der Waals surface area contributed by atoms with Gasteiger partial charge in [0.15, 0.2) is 0 Å². The van der Waals surface area contributed by atoms with Crippen molar-refractivity contribution < 1.29 is 28.3 Å². The predicted molar refractivity (Wildman–Crippen MR) is 141 cm³/mol. The molecule has 1 aliphatic heterocycles. The van der Waals surface area contributed by atoms with Crippen molar-refractivity contribution in [2.45, 2.75) is 31.4 Å². The number of methoxy groups -OCH3 is 1. The molecule has 2 amide bonds. The number of ether oxygens (including phenoxy) is 3. The lowest BCUT2D eigenvalue weighted by Crippen LogP contribution is -2.58. The van der Waals surface area contributed by atoms with Gasteiger partial charge in [0.1, 0.15) is 23.7 Å². The van der Waals surface area contributed by atoms with Crippen LogP contribution in [0.5, 0.6) is 11.6 Å². The fourth-order valence-corrected chi connectivity index (χ4v) is 4.43. The van der Waals surface area contributed by atoms with Crippen LogP contribution in [-0.2, 0) is 27.3 Å². The number of carbonyl (C=O) groups is 2. The zero-order chi connectivity index (χ0) is 27.0. The van der Waals surface area contributed by atoms with E-state index in [0.29, 0.717) is 48.5 Å². The van der Waals surface area contributed by atoms with Gasteiger partial charge in [0.25, 0.3) is 5.88 Å². The van der Waals surface area contributed by atoms with Gasteiger partial charge < -0.3 is 28.5 Å². The van der Waals surface area contributed by atoms with E-state index in [9.17, 15) is 9.59 Å². The van der Waals surface area contributed by atoms with E-state index in [1.807, 2.05) is 30.3 Å². The number of aryl methyl sites for hydroxylation is 1. The first kappa shape index (κ1) is 27.5. The van der Waals surface area contributed by atoms with Crippen LogP contribution in [0.4, 0.5) is 0 Å². The maximum absolute atomic E-state index is 13.3. The van der Waals surface area contributed by atoms with Gasteiger partial charge in [-0.25, -0.2) is 0 Å². The second-order valence-corrected chi connectivity index (χ2v) is 9.77. The molecule has 1 fully saturated rings. The first-order valence-corrected chi connectivity index (χ1v) is 12.8. The molecule has 0 spiro atoms. The highest BCUT2D eigenvalue weighted by molar-refractivity contribution is 6.30. The first-order valence-electron chi connectivity index (χ1n) is 12.4. The van der Waals surface area contributed by atoms with Crippen molar-refractivity contribution >= 4 is 23.4 Å². The Hall–Kier alpha value is -3.56. The largest absolute Gasteiger partial charge is 0.490 e. The molecule has 1 aromatic heterocycles. The second-order valence-electron chi connectivity index (χ2n) is 9.34. The monoisotopic (exact) mass is 541 g/mol. The van der Waals surface area contributed by atoms with Crippen molar-refractivity contribution in [2.24, 2.45) is 0 Å². The number of hydrogen-bond donors (Lipinski definition) is 0. The van der Waals surface area contributed by atoms with Gasteiger partial charge in [0, 0.05) is 44.1 Å². The molecule has 1 aliphatic rings. The van der Waals surface area contributed by atoms with Gasteiger partial charge in [-0.1, -0.05) is 41.9 Å². The Morgan fingerprint density at radius 1 is 1.16 bits per heavy atom. The maximum Gasteiger partial charge on any atom is 0.254 e. The highest BCUT2D eigenvalue weighted by Crippen LogP contribution is 2.27. The topological polar surface area (TPSA) is 94.3 Å². The molecule has 0 saturated carbocycles. The number of nitrogens with zero attached hydrogens (tertiary/aromatic N) is 3. The molecule has 3 aromatic rings. The van der Waals surface area contributed by atoms with Gasteiger partial charge >= 0.3 is 0 Å². The Balaban J connectivity index is 1.44. The van der Waals surface area contributed by atoms with Crippen molar-refractivity contribution in [3.8, 4) is 11.6 Å². The van der Waals surface area contributed by atoms with E-state index < -0.39 is 5.60 Å². The number of morpholine rings is 1. The molecule has 0 aliphatic carbocycles. The third kappa shape index (κ3) is 7.49. The molecule has 0 unspecified atom stereocenters. The molecule has 0 radical (unpaired) electrons. The summed E-state index contributed by atoms with van der Waals surface area (Å²) >= 11 is 6.00.